The van der Waals surface area contributed by atoms with Crippen molar-refractivity contribution in [1.82, 2.24) is 15.3 Å². The lowest BCUT2D eigenvalue weighted by Gasteiger charge is -2.28. The maximum atomic E-state index is 12.8. The zero-order valence-corrected chi connectivity index (χ0v) is 21.8. The number of aromatic nitrogens is 2. The molecule has 0 aliphatic carbocycles. The third-order valence-corrected chi connectivity index (χ3v) is 6.59. The number of nitrogens with one attached hydrogen (secondary N) is 2. The molecule has 0 bridgehead atoms. The van der Waals surface area contributed by atoms with Crippen LogP contribution in [-0.2, 0) is 0 Å². The lowest BCUT2D eigenvalue weighted by molar-refractivity contribution is -0.384. The molecule has 0 atom stereocenters. The summed E-state index contributed by atoms with van der Waals surface area (Å²) in [7, 11) is 0. The molecule has 2 aromatic heterocycles. The Bertz CT molecular complexity index is 1520. The number of thiocarbonyl (C=S) groups is 1. The van der Waals surface area contributed by atoms with Crippen LogP contribution in [0.5, 0.6) is 0 Å². The zero-order chi connectivity index (χ0) is 25.9. The van der Waals surface area contributed by atoms with E-state index >= 15 is 0 Å². The molecule has 1 fully saturated rings. The molecule has 188 valence electrons. The Morgan fingerprint density at radius 2 is 1.92 bits per heavy atom. The molecule has 2 aromatic carbocycles. The predicted octanol–water partition coefficient (Wildman–Crippen LogP) is 5.68. The summed E-state index contributed by atoms with van der Waals surface area (Å²) < 4.78 is 6.62. The van der Waals surface area contributed by atoms with Crippen LogP contribution in [0.3, 0.4) is 0 Å². The van der Waals surface area contributed by atoms with E-state index in [1.807, 2.05) is 11.0 Å². The van der Waals surface area contributed by atoms with Gasteiger partial charge in [0.05, 0.1) is 10.5 Å². The first-order chi connectivity index (χ1) is 17.9. The molecule has 4 aromatic rings. The minimum atomic E-state index is -0.544. The largest absolute Gasteiger partial charge is 0.436 e. The topological polar surface area (TPSA) is 126 Å². The van der Waals surface area contributed by atoms with E-state index in [-0.39, 0.29) is 16.4 Å². The fourth-order valence-corrected chi connectivity index (χ4v) is 4.78. The van der Waals surface area contributed by atoms with Gasteiger partial charge in [-0.1, -0.05) is 0 Å². The number of hydrogen-bond donors (Lipinski definition) is 2. The molecule has 0 spiro atoms. The minimum Gasteiger partial charge on any atom is -0.436 e. The summed E-state index contributed by atoms with van der Waals surface area (Å²) >= 11 is 8.69. The molecule has 12 heteroatoms. The number of fused-ring (bicyclic) bond motifs is 1. The van der Waals surface area contributed by atoms with Crippen molar-refractivity contribution in [3.05, 3.63) is 75.0 Å². The molecule has 0 radical (unpaired) electrons. The second-order valence-electron chi connectivity index (χ2n) is 8.51. The summed E-state index contributed by atoms with van der Waals surface area (Å²) in [6, 6.07) is 11.6. The van der Waals surface area contributed by atoms with Gasteiger partial charge in [0.25, 0.3) is 11.6 Å². The maximum absolute atomic E-state index is 12.8. The van der Waals surface area contributed by atoms with Crippen molar-refractivity contribution in [3.8, 4) is 11.5 Å². The lowest BCUT2D eigenvalue weighted by atomic mass is 10.1. The van der Waals surface area contributed by atoms with Crippen LogP contribution < -0.4 is 15.5 Å². The van der Waals surface area contributed by atoms with Gasteiger partial charge in [-0.05, 0) is 83.8 Å². The average molecular weight is 581 g/mol. The van der Waals surface area contributed by atoms with Crippen molar-refractivity contribution in [3.63, 3.8) is 0 Å². The van der Waals surface area contributed by atoms with E-state index in [2.05, 4.69) is 36.5 Å². The highest BCUT2D eigenvalue weighted by Crippen LogP contribution is 2.31. The van der Waals surface area contributed by atoms with Crippen LogP contribution in [0.2, 0.25) is 0 Å². The fourth-order valence-electron chi connectivity index (χ4n) is 4.21. The van der Waals surface area contributed by atoms with Crippen molar-refractivity contribution in [2.24, 2.45) is 0 Å². The summed E-state index contributed by atoms with van der Waals surface area (Å²) in [6.07, 6.45) is 6.42. The number of nitrogens with zero attached hydrogens (tertiary/aromatic N) is 4. The zero-order valence-electron chi connectivity index (χ0n) is 19.4. The van der Waals surface area contributed by atoms with Crippen molar-refractivity contribution >= 4 is 67.3 Å². The smallest absolute Gasteiger partial charge is 0.293 e. The quantitative estimate of drug-likeness (QED) is 0.174. The number of rotatable bonds is 5. The van der Waals surface area contributed by atoms with Gasteiger partial charge in [0.1, 0.15) is 11.2 Å². The highest BCUT2D eigenvalue weighted by atomic mass is 79.9. The standard InChI is InChI=1S/C25H21BrN6O4S/c26-17-10-16(13-27-14-17)24-29-19-12-18(5-7-22(19)36-24)28-25(37)30-23(33)15-4-6-20(21(11-15)32(34)35)31-8-2-1-3-9-31/h4-7,10-14H,1-3,8-9H2,(H2,28,30,33,37). The predicted molar refractivity (Wildman–Crippen MR) is 148 cm³/mol. The van der Waals surface area contributed by atoms with Crippen molar-refractivity contribution in [1.29, 1.82) is 0 Å². The Kier molecular flexibility index (Phi) is 7.10. The Labute approximate surface area is 225 Å². The SMILES string of the molecule is O=C(NC(=S)Nc1ccc2oc(-c3cncc(Br)c3)nc2c1)c1ccc(N2CCCCC2)c([N+](=O)[O-])c1. The van der Waals surface area contributed by atoms with Crippen LogP contribution in [0.15, 0.2) is 63.7 Å². The number of halogens is 1. The number of anilines is 2. The molecule has 1 saturated heterocycles. The van der Waals surface area contributed by atoms with Gasteiger partial charge >= 0.3 is 0 Å². The van der Waals surface area contributed by atoms with Gasteiger partial charge in [-0.25, -0.2) is 4.98 Å². The number of piperidine rings is 1. The summed E-state index contributed by atoms with van der Waals surface area (Å²) in [5.74, 6) is -0.121. The number of pyridine rings is 1. The summed E-state index contributed by atoms with van der Waals surface area (Å²) in [6.45, 7) is 1.52. The van der Waals surface area contributed by atoms with E-state index in [0.717, 1.165) is 42.4 Å². The Morgan fingerprint density at radius 3 is 2.68 bits per heavy atom. The van der Waals surface area contributed by atoms with Gasteiger partial charge < -0.3 is 14.6 Å². The third-order valence-electron chi connectivity index (χ3n) is 5.96. The van der Waals surface area contributed by atoms with Crippen LogP contribution in [0, 0.1) is 10.1 Å². The number of oxazole rings is 1. The summed E-state index contributed by atoms with van der Waals surface area (Å²) in [5, 5.41) is 17.3. The molecule has 1 aliphatic heterocycles. The van der Waals surface area contributed by atoms with Gasteiger partial charge in [0.2, 0.25) is 5.89 Å². The summed E-state index contributed by atoms with van der Waals surface area (Å²) in [4.78, 5) is 34.7. The molecule has 2 N–H and O–H groups in total. The van der Waals surface area contributed by atoms with Crippen LogP contribution in [-0.4, -0.2) is 39.0 Å². The highest BCUT2D eigenvalue weighted by molar-refractivity contribution is 9.10. The highest BCUT2D eigenvalue weighted by Gasteiger charge is 2.23. The Hall–Kier alpha value is -3.90. The van der Waals surface area contributed by atoms with Crippen LogP contribution in [0.1, 0.15) is 29.6 Å². The molecule has 10 nitrogen and oxygen atoms in total. The van der Waals surface area contributed by atoms with E-state index in [9.17, 15) is 14.9 Å². The lowest BCUT2D eigenvalue weighted by Crippen LogP contribution is -2.34. The molecule has 5 rings (SSSR count). The van der Waals surface area contributed by atoms with E-state index in [4.69, 9.17) is 16.6 Å². The first-order valence-corrected chi connectivity index (χ1v) is 12.7. The second-order valence-corrected chi connectivity index (χ2v) is 9.83. The van der Waals surface area contributed by atoms with Crippen molar-refractivity contribution in [2.45, 2.75) is 19.3 Å². The van der Waals surface area contributed by atoms with Crippen molar-refractivity contribution in [2.75, 3.05) is 23.3 Å². The molecule has 0 saturated carbocycles. The molecule has 1 amide bonds. The van der Waals surface area contributed by atoms with Gasteiger partial charge in [0.15, 0.2) is 10.7 Å². The van der Waals surface area contributed by atoms with E-state index < -0.39 is 10.8 Å². The van der Waals surface area contributed by atoms with Gasteiger partial charge in [-0.2, -0.15) is 0 Å². The Balaban J connectivity index is 1.28. The number of hydrogen-bond acceptors (Lipinski definition) is 8. The van der Waals surface area contributed by atoms with Crippen LogP contribution in [0.25, 0.3) is 22.6 Å². The minimum absolute atomic E-state index is 0.0482. The number of nitro benzene ring substituents is 1. The van der Waals surface area contributed by atoms with E-state index in [0.29, 0.717) is 28.4 Å². The van der Waals surface area contributed by atoms with E-state index in [1.165, 1.54) is 6.07 Å². The molecular weight excluding hydrogens is 560 g/mol. The number of carbonyl (C=O) groups is 1. The number of amides is 1. The number of nitro groups is 1. The monoisotopic (exact) mass is 580 g/mol. The molecule has 37 heavy (non-hydrogen) atoms. The van der Waals surface area contributed by atoms with Crippen molar-refractivity contribution < 1.29 is 14.1 Å². The molecule has 3 heterocycles. The Morgan fingerprint density at radius 1 is 1.11 bits per heavy atom. The first-order valence-electron chi connectivity index (χ1n) is 11.5. The molecule has 1 aliphatic rings. The second kappa shape index (κ2) is 10.6. The van der Waals surface area contributed by atoms with Crippen LogP contribution in [0.4, 0.5) is 17.1 Å². The maximum Gasteiger partial charge on any atom is 0.293 e. The number of carbonyl (C=O) groups excluding carboxylic acids is 1. The van der Waals surface area contributed by atoms with Crippen LogP contribution >= 0.6 is 28.1 Å². The number of benzene rings is 2. The van der Waals surface area contributed by atoms with Gasteiger partial charge in [0, 0.05) is 47.3 Å². The molecular formula is C25H21BrN6O4S. The fraction of sp³-hybridized carbons (Fsp3) is 0.200. The average Bonchev–Trinajstić information content (AvgIpc) is 3.32. The van der Waals surface area contributed by atoms with Gasteiger partial charge in [-0.3, -0.25) is 25.2 Å². The van der Waals surface area contributed by atoms with Gasteiger partial charge in [-0.15, -0.1) is 0 Å². The third kappa shape index (κ3) is 5.59. The normalized spacial score (nSPS) is 13.4. The van der Waals surface area contributed by atoms with E-state index in [1.54, 1.807) is 42.7 Å². The summed E-state index contributed by atoms with van der Waals surface area (Å²) in [5.41, 5.74) is 3.08. The first kappa shape index (κ1) is 24.8. The molecule has 0 unspecified atom stereocenters.